The molecule has 0 aliphatic rings. The highest BCUT2D eigenvalue weighted by Crippen LogP contribution is 2.14. The molecule has 1 nitrogen and oxygen atoms in total. The highest BCUT2D eigenvalue weighted by atomic mass is 14.9. The Kier molecular flexibility index (Phi) is 2.92. The first kappa shape index (κ1) is 8.85. The Morgan fingerprint density at radius 2 is 1.67 bits per heavy atom. The fraction of sp³-hybridized carbons (Fsp3) is 0.273. The standard InChI is InChI=1S/C11H15N/c1-4-10(3)11(5-2)12-8-6-7-9-12/h4-9H,1-3H3. The average Bonchev–Trinajstić information content (AvgIpc) is 2.58. The molecule has 1 heteroatoms. The zero-order chi connectivity index (χ0) is 8.97. The fourth-order valence-electron chi connectivity index (χ4n) is 1.22. The van der Waals surface area contributed by atoms with Crippen LogP contribution in [0.15, 0.2) is 42.3 Å². The molecule has 64 valence electrons. The maximum atomic E-state index is 2.12. The summed E-state index contributed by atoms with van der Waals surface area (Å²) < 4.78 is 2.12. The van der Waals surface area contributed by atoms with Gasteiger partial charge < -0.3 is 4.57 Å². The van der Waals surface area contributed by atoms with Gasteiger partial charge in [0.1, 0.15) is 0 Å². The first-order valence-corrected chi connectivity index (χ1v) is 4.22. The van der Waals surface area contributed by atoms with Crippen molar-refractivity contribution in [3.8, 4) is 0 Å². The third kappa shape index (κ3) is 1.67. The summed E-state index contributed by atoms with van der Waals surface area (Å²) in [6, 6.07) is 4.07. The Balaban J connectivity index is 3.01. The van der Waals surface area contributed by atoms with E-state index in [1.807, 2.05) is 12.1 Å². The van der Waals surface area contributed by atoms with Crippen molar-refractivity contribution in [1.29, 1.82) is 0 Å². The van der Waals surface area contributed by atoms with Gasteiger partial charge in [-0.3, -0.25) is 0 Å². The molecule has 1 rings (SSSR count). The molecule has 1 aromatic heterocycles. The van der Waals surface area contributed by atoms with Crippen molar-refractivity contribution in [1.82, 2.24) is 4.57 Å². The number of aromatic nitrogens is 1. The van der Waals surface area contributed by atoms with Crippen molar-refractivity contribution in [3.63, 3.8) is 0 Å². The SMILES string of the molecule is CC=C(C)C(=CC)n1cccc1. The Hall–Kier alpha value is -1.24. The van der Waals surface area contributed by atoms with Crippen LogP contribution in [-0.4, -0.2) is 4.57 Å². The van der Waals surface area contributed by atoms with Gasteiger partial charge in [-0.15, -0.1) is 0 Å². The molecule has 0 aromatic carbocycles. The number of hydrogen-bond acceptors (Lipinski definition) is 0. The van der Waals surface area contributed by atoms with Gasteiger partial charge in [0.25, 0.3) is 0 Å². The topological polar surface area (TPSA) is 4.93 Å². The first-order chi connectivity index (χ1) is 5.79. The molecule has 0 aliphatic carbocycles. The summed E-state index contributed by atoms with van der Waals surface area (Å²) in [6.07, 6.45) is 8.36. The Labute approximate surface area is 74.0 Å². The quantitative estimate of drug-likeness (QED) is 0.586. The third-order valence-corrected chi connectivity index (χ3v) is 1.99. The van der Waals surface area contributed by atoms with Crippen molar-refractivity contribution in [3.05, 3.63) is 42.3 Å². The monoisotopic (exact) mass is 161 g/mol. The zero-order valence-corrected chi connectivity index (χ0v) is 7.91. The minimum atomic E-state index is 1.25. The van der Waals surface area contributed by atoms with Crippen molar-refractivity contribution in [2.45, 2.75) is 20.8 Å². The van der Waals surface area contributed by atoms with Crippen molar-refractivity contribution >= 4 is 5.70 Å². The summed E-state index contributed by atoms with van der Waals surface area (Å²) in [5.74, 6) is 0. The maximum Gasteiger partial charge on any atom is 0.0432 e. The molecule has 0 radical (unpaired) electrons. The minimum absolute atomic E-state index is 1.25. The molecule has 0 saturated carbocycles. The molecule has 0 N–H and O–H groups in total. The van der Waals surface area contributed by atoms with Gasteiger partial charge in [0, 0.05) is 18.1 Å². The van der Waals surface area contributed by atoms with E-state index in [2.05, 4.69) is 49.9 Å². The van der Waals surface area contributed by atoms with E-state index in [0.717, 1.165) is 0 Å². The van der Waals surface area contributed by atoms with E-state index in [-0.39, 0.29) is 0 Å². The van der Waals surface area contributed by atoms with E-state index >= 15 is 0 Å². The Bertz CT molecular complexity index is 289. The molecular formula is C11H15N. The number of rotatable bonds is 2. The molecule has 0 bridgehead atoms. The van der Waals surface area contributed by atoms with Crippen molar-refractivity contribution in [2.75, 3.05) is 0 Å². The van der Waals surface area contributed by atoms with Crippen LogP contribution in [0.1, 0.15) is 20.8 Å². The second-order valence-corrected chi connectivity index (χ2v) is 2.74. The predicted molar refractivity (Wildman–Crippen MR) is 53.8 cm³/mol. The molecule has 0 aliphatic heterocycles. The molecule has 12 heavy (non-hydrogen) atoms. The molecule has 1 aromatic rings. The molecular weight excluding hydrogens is 146 g/mol. The van der Waals surface area contributed by atoms with Gasteiger partial charge in [-0.05, 0) is 38.5 Å². The van der Waals surface area contributed by atoms with Gasteiger partial charge in [-0.1, -0.05) is 12.2 Å². The summed E-state index contributed by atoms with van der Waals surface area (Å²) in [6.45, 7) is 6.24. The molecule has 0 saturated heterocycles. The van der Waals surface area contributed by atoms with Crippen LogP contribution >= 0.6 is 0 Å². The summed E-state index contributed by atoms with van der Waals surface area (Å²) in [5.41, 5.74) is 2.55. The van der Waals surface area contributed by atoms with E-state index in [9.17, 15) is 0 Å². The van der Waals surface area contributed by atoms with Crippen molar-refractivity contribution in [2.24, 2.45) is 0 Å². The van der Waals surface area contributed by atoms with E-state index in [4.69, 9.17) is 0 Å². The smallest absolute Gasteiger partial charge is 0.0432 e. The molecule has 0 unspecified atom stereocenters. The largest absolute Gasteiger partial charge is 0.324 e. The van der Waals surface area contributed by atoms with E-state index in [0.29, 0.717) is 0 Å². The Morgan fingerprint density at radius 3 is 2.08 bits per heavy atom. The number of nitrogens with zero attached hydrogens (tertiary/aromatic N) is 1. The van der Waals surface area contributed by atoms with Gasteiger partial charge in [0.05, 0.1) is 0 Å². The van der Waals surface area contributed by atoms with Gasteiger partial charge in [0.2, 0.25) is 0 Å². The van der Waals surface area contributed by atoms with Crippen LogP contribution in [0.25, 0.3) is 5.70 Å². The van der Waals surface area contributed by atoms with E-state index in [1.54, 1.807) is 0 Å². The number of hydrogen-bond donors (Lipinski definition) is 0. The normalized spacial score (nSPS) is 13.6. The van der Waals surface area contributed by atoms with E-state index in [1.165, 1.54) is 11.3 Å². The van der Waals surface area contributed by atoms with Crippen molar-refractivity contribution < 1.29 is 0 Å². The lowest BCUT2D eigenvalue weighted by molar-refractivity contribution is 1.10. The zero-order valence-electron chi connectivity index (χ0n) is 7.91. The third-order valence-electron chi connectivity index (χ3n) is 1.99. The summed E-state index contributed by atoms with van der Waals surface area (Å²) in [5, 5.41) is 0. The first-order valence-electron chi connectivity index (χ1n) is 4.22. The summed E-state index contributed by atoms with van der Waals surface area (Å²) in [4.78, 5) is 0. The Morgan fingerprint density at radius 1 is 1.08 bits per heavy atom. The molecule has 0 spiro atoms. The molecule has 0 fully saturated rings. The molecule has 0 amide bonds. The van der Waals surface area contributed by atoms with Crippen LogP contribution in [0.4, 0.5) is 0 Å². The van der Waals surface area contributed by atoms with Crippen LogP contribution in [0.2, 0.25) is 0 Å². The predicted octanol–water partition coefficient (Wildman–Crippen LogP) is 3.32. The number of allylic oxidation sites excluding steroid dienone is 4. The van der Waals surface area contributed by atoms with Gasteiger partial charge in [-0.25, -0.2) is 0 Å². The lowest BCUT2D eigenvalue weighted by Gasteiger charge is -2.07. The van der Waals surface area contributed by atoms with Crippen LogP contribution in [-0.2, 0) is 0 Å². The van der Waals surface area contributed by atoms with Gasteiger partial charge in [-0.2, -0.15) is 0 Å². The highest BCUT2D eigenvalue weighted by Gasteiger charge is 1.97. The fourth-order valence-corrected chi connectivity index (χ4v) is 1.22. The van der Waals surface area contributed by atoms with E-state index < -0.39 is 0 Å². The average molecular weight is 161 g/mol. The van der Waals surface area contributed by atoms with Gasteiger partial charge >= 0.3 is 0 Å². The maximum absolute atomic E-state index is 2.12. The van der Waals surface area contributed by atoms with Crippen LogP contribution in [0, 0.1) is 0 Å². The molecule has 0 atom stereocenters. The lowest BCUT2D eigenvalue weighted by Crippen LogP contribution is -1.93. The second kappa shape index (κ2) is 3.96. The van der Waals surface area contributed by atoms with Crippen LogP contribution in [0.3, 0.4) is 0 Å². The minimum Gasteiger partial charge on any atom is -0.324 e. The lowest BCUT2D eigenvalue weighted by atomic mass is 10.2. The summed E-state index contributed by atoms with van der Waals surface area (Å²) >= 11 is 0. The van der Waals surface area contributed by atoms with Gasteiger partial charge in [0.15, 0.2) is 0 Å². The highest BCUT2D eigenvalue weighted by molar-refractivity contribution is 5.62. The summed E-state index contributed by atoms with van der Waals surface area (Å²) in [7, 11) is 0. The molecule has 1 heterocycles. The van der Waals surface area contributed by atoms with Crippen LogP contribution < -0.4 is 0 Å². The van der Waals surface area contributed by atoms with Crippen LogP contribution in [0.5, 0.6) is 0 Å². The second-order valence-electron chi connectivity index (χ2n) is 2.74.